The highest BCUT2D eigenvalue weighted by atomic mass is 35.5. The predicted molar refractivity (Wildman–Crippen MR) is 82.5 cm³/mol. The molecule has 0 radical (unpaired) electrons. The number of benzene rings is 2. The monoisotopic (exact) mass is 305 g/mol. The molecule has 3 rings (SSSR count). The van der Waals surface area contributed by atoms with E-state index in [2.05, 4.69) is 5.32 Å². The molecule has 0 fully saturated rings. The first-order valence-electron chi connectivity index (χ1n) is 6.81. The second-order valence-electron chi connectivity index (χ2n) is 4.62. The van der Waals surface area contributed by atoms with E-state index in [-0.39, 0.29) is 6.79 Å². The van der Waals surface area contributed by atoms with E-state index in [1.54, 1.807) is 6.07 Å². The summed E-state index contributed by atoms with van der Waals surface area (Å²) >= 11 is 6.23. The molecule has 1 N–H and O–H groups in total. The lowest BCUT2D eigenvalue weighted by Crippen LogP contribution is -2.01. The summed E-state index contributed by atoms with van der Waals surface area (Å²) < 4.78 is 16.1. The number of nitrogens with one attached hydrogen (secondary N) is 1. The van der Waals surface area contributed by atoms with Gasteiger partial charge in [-0.15, -0.1) is 0 Å². The number of halogens is 1. The molecule has 4 nitrogen and oxygen atoms in total. The number of hydrogen-bond acceptors (Lipinski definition) is 4. The topological polar surface area (TPSA) is 39.7 Å². The minimum Gasteiger partial charge on any atom is -0.494 e. The fraction of sp³-hybridized carbons (Fsp3) is 0.250. The molecule has 21 heavy (non-hydrogen) atoms. The molecule has 5 heteroatoms. The first-order valence-corrected chi connectivity index (χ1v) is 7.19. The highest BCUT2D eigenvalue weighted by Crippen LogP contribution is 2.39. The number of anilines is 1. The van der Waals surface area contributed by atoms with Gasteiger partial charge in [-0.2, -0.15) is 0 Å². The van der Waals surface area contributed by atoms with Crippen molar-refractivity contribution in [2.75, 3.05) is 18.7 Å². The Morgan fingerprint density at radius 1 is 1.19 bits per heavy atom. The number of hydrogen-bond donors (Lipinski definition) is 1. The second kappa shape index (κ2) is 6.14. The highest BCUT2D eigenvalue weighted by Gasteiger charge is 2.16. The zero-order valence-electron chi connectivity index (χ0n) is 11.7. The normalized spacial score (nSPS) is 12.3. The molecule has 1 aliphatic heterocycles. The smallest absolute Gasteiger partial charge is 0.231 e. The first-order chi connectivity index (χ1) is 10.3. The Bertz CT molecular complexity index is 645. The molecule has 0 aromatic heterocycles. The molecule has 0 saturated heterocycles. The molecule has 0 saturated carbocycles. The van der Waals surface area contributed by atoms with E-state index < -0.39 is 0 Å². The summed E-state index contributed by atoms with van der Waals surface area (Å²) in [6, 6.07) is 11.6. The Balaban J connectivity index is 1.71. The number of ether oxygens (including phenoxy) is 3. The number of rotatable bonds is 5. The summed E-state index contributed by atoms with van der Waals surface area (Å²) in [6.45, 7) is 3.52. The maximum atomic E-state index is 6.23. The third kappa shape index (κ3) is 3.16. The average Bonchev–Trinajstić information content (AvgIpc) is 2.92. The molecule has 1 aliphatic rings. The Hall–Kier alpha value is -2.07. The van der Waals surface area contributed by atoms with Gasteiger partial charge in [-0.05, 0) is 24.6 Å². The summed E-state index contributed by atoms with van der Waals surface area (Å²) in [6.07, 6.45) is 0. The fourth-order valence-electron chi connectivity index (χ4n) is 2.16. The minimum absolute atomic E-state index is 0.242. The van der Waals surface area contributed by atoms with Crippen LogP contribution in [-0.4, -0.2) is 13.4 Å². The lowest BCUT2D eigenvalue weighted by Gasteiger charge is -2.11. The van der Waals surface area contributed by atoms with Crippen LogP contribution in [0.4, 0.5) is 5.69 Å². The Morgan fingerprint density at radius 3 is 2.81 bits per heavy atom. The Morgan fingerprint density at radius 2 is 2.00 bits per heavy atom. The zero-order chi connectivity index (χ0) is 14.7. The molecule has 0 unspecified atom stereocenters. The molecule has 1 heterocycles. The predicted octanol–water partition coefficient (Wildman–Crippen LogP) is 4.08. The van der Waals surface area contributed by atoms with Gasteiger partial charge in [0, 0.05) is 18.7 Å². The van der Waals surface area contributed by atoms with E-state index >= 15 is 0 Å². The Labute approximate surface area is 128 Å². The summed E-state index contributed by atoms with van der Waals surface area (Å²) in [4.78, 5) is 0. The van der Waals surface area contributed by atoms with Crippen molar-refractivity contribution < 1.29 is 14.2 Å². The van der Waals surface area contributed by atoms with E-state index in [9.17, 15) is 0 Å². The van der Waals surface area contributed by atoms with E-state index in [4.69, 9.17) is 25.8 Å². The first kappa shape index (κ1) is 13.9. The van der Waals surface area contributed by atoms with Crippen LogP contribution in [0.1, 0.15) is 12.5 Å². The van der Waals surface area contributed by atoms with Gasteiger partial charge in [-0.1, -0.05) is 23.7 Å². The maximum Gasteiger partial charge on any atom is 0.231 e. The molecule has 110 valence electrons. The fourth-order valence-corrected chi connectivity index (χ4v) is 2.38. The van der Waals surface area contributed by atoms with Gasteiger partial charge in [0.25, 0.3) is 0 Å². The van der Waals surface area contributed by atoms with Crippen LogP contribution in [0.15, 0.2) is 36.4 Å². The molecule has 0 spiro atoms. The standard InChI is InChI=1S/C16H16ClNO3/c1-2-19-12-5-3-4-11(6-12)9-18-14-8-16-15(7-13(14)17)20-10-21-16/h3-8,18H,2,9-10H2,1H3. The number of fused-ring (bicyclic) bond motifs is 1. The van der Waals surface area contributed by atoms with Crippen LogP contribution in [0, 0.1) is 0 Å². The van der Waals surface area contributed by atoms with Crippen LogP contribution in [0.3, 0.4) is 0 Å². The third-order valence-electron chi connectivity index (χ3n) is 3.15. The van der Waals surface area contributed by atoms with Crippen LogP contribution in [0.5, 0.6) is 17.2 Å². The highest BCUT2D eigenvalue weighted by molar-refractivity contribution is 6.33. The molecule has 2 aromatic carbocycles. The van der Waals surface area contributed by atoms with Crippen molar-refractivity contribution in [3.63, 3.8) is 0 Å². The second-order valence-corrected chi connectivity index (χ2v) is 5.03. The maximum absolute atomic E-state index is 6.23. The van der Waals surface area contributed by atoms with Gasteiger partial charge in [0.05, 0.1) is 17.3 Å². The molecule has 0 bridgehead atoms. The summed E-state index contributed by atoms with van der Waals surface area (Å²) in [7, 11) is 0. The summed E-state index contributed by atoms with van der Waals surface area (Å²) in [5.41, 5.74) is 1.94. The summed E-state index contributed by atoms with van der Waals surface area (Å²) in [5, 5.41) is 3.92. The van der Waals surface area contributed by atoms with E-state index in [1.807, 2.05) is 37.3 Å². The van der Waals surface area contributed by atoms with Gasteiger partial charge in [-0.25, -0.2) is 0 Å². The SMILES string of the molecule is CCOc1cccc(CNc2cc3c(cc2Cl)OCO3)c1. The van der Waals surface area contributed by atoms with Crippen molar-refractivity contribution >= 4 is 17.3 Å². The van der Waals surface area contributed by atoms with Gasteiger partial charge >= 0.3 is 0 Å². The van der Waals surface area contributed by atoms with Crippen LogP contribution < -0.4 is 19.5 Å². The molecule has 0 aliphatic carbocycles. The van der Waals surface area contributed by atoms with Crippen LogP contribution in [0.25, 0.3) is 0 Å². The van der Waals surface area contributed by atoms with E-state index in [1.165, 1.54) is 0 Å². The largest absolute Gasteiger partial charge is 0.494 e. The van der Waals surface area contributed by atoms with Crippen LogP contribution in [0.2, 0.25) is 5.02 Å². The van der Waals surface area contributed by atoms with Crippen LogP contribution >= 0.6 is 11.6 Å². The van der Waals surface area contributed by atoms with Crippen LogP contribution in [-0.2, 0) is 6.54 Å². The van der Waals surface area contributed by atoms with Crippen molar-refractivity contribution in [3.8, 4) is 17.2 Å². The van der Waals surface area contributed by atoms with Crippen molar-refractivity contribution in [2.45, 2.75) is 13.5 Å². The van der Waals surface area contributed by atoms with E-state index in [0.29, 0.717) is 29.7 Å². The van der Waals surface area contributed by atoms with E-state index in [0.717, 1.165) is 17.0 Å². The van der Waals surface area contributed by atoms with Crippen molar-refractivity contribution in [3.05, 3.63) is 47.0 Å². The average molecular weight is 306 g/mol. The van der Waals surface area contributed by atoms with Gasteiger partial charge in [0.2, 0.25) is 6.79 Å². The quantitative estimate of drug-likeness (QED) is 0.903. The lowest BCUT2D eigenvalue weighted by molar-refractivity contribution is 0.174. The van der Waals surface area contributed by atoms with Crippen molar-refractivity contribution in [2.24, 2.45) is 0 Å². The minimum atomic E-state index is 0.242. The van der Waals surface area contributed by atoms with Gasteiger partial charge in [0.1, 0.15) is 5.75 Å². The molecule has 2 aromatic rings. The van der Waals surface area contributed by atoms with Gasteiger partial charge in [-0.3, -0.25) is 0 Å². The summed E-state index contributed by atoms with van der Waals surface area (Å²) in [5.74, 6) is 2.27. The molecule has 0 atom stereocenters. The van der Waals surface area contributed by atoms with Crippen molar-refractivity contribution in [1.82, 2.24) is 0 Å². The zero-order valence-corrected chi connectivity index (χ0v) is 12.4. The van der Waals surface area contributed by atoms with Gasteiger partial charge < -0.3 is 19.5 Å². The van der Waals surface area contributed by atoms with Gasteiger partial charge in [0.15, 0.2) is 11.5 Å². The third-order valence-corrected chi connectivity index (χ3v) is 3.47. The lowest BCUT2D eigenvalue weighted by atomic mass is 10.2. The molecule has 0 amide bonds. The Kier molecular flexibility index (Phi) is 4.06. The molecular formula is C16H16ClNO3. The molecular weight excluding hydrogens is 290 g/mol. The van der Waals surface area contributed by atoms with Crippen molar-refractivity contribution in [1.29, 1.82) is 0 Å².